The van der Waals surface area contributed by atoms with E-state index in [1.54, 1.807) is 6.07 Å². The Bertz CT molecular complexity index is 749. The van der Waals surface area contributed by atoms with E-state index in [9.17, 15) is 13.5 Å². The van der Waals surface area contributed by atoms with Crippen LogP contribution in [0.4, 0.5) is 0 Å². The molecule has 0 saturated carbocycles. The first-order chi connectivity index (χ1) is 12.9. The van der Waals surface area contributed by atoms with Crippen molar-refractivity contribution in [1.29, 1.82) is 0 Å². The fraction of sp³-hybridized carbons (Fsp3) is 0.700. The van der Waals surface area contributed by atoms with Gasteiger partial charge in [-0.3, -0.25) is 4.90 Å². The van der Waals surface area contributed by atoms with Crippen molar-refractivity contribution in [2.24, 2.45) is 5.92 Å². The van der Waals surface area contributed by atoms with Gasteiger partial charge in [0.2, 0.25) is 0 Å². The summed E-state index contributed by atoms with van der Waals surface area (Å²) < 4.78 is 29.8. The Morgan fingerprint density at radius 3 is 2.63 bits per heavy atom. The van der Waals surface area contributed by atoms with Gasteiger partial charge in [-0.2, -0.15) is 17.4 Å². The second kappa shape index (κ2) is 8.47. The topological polar surface area (TPSA) is 72.9 Å². The fourth-order valence-electron chi connectivity index (χ4n) is 4.84. The lowest BCUT2D eigenvalue weighted by Gasteiger charge is -2.47. The number of rotatable bonds is 7. The number of fused-ring (bicyclic) bond motifs is 2. The zero-order valence-electron chi connectivity index (χ0n) is 16.7. The summed E-state index contributed by atoms with van der Waals surface area (Å²) in [5.41, 5.74) is 2.28. The van der Waals surface area contributed by atoms with Crippen molar-refractivity contribution in [3.05, 3.63) is 29.3 Å². The van der Waals surface area contributed by atoms with Crippen LogP contribution >= 0.6 is 0 Å². The Kier molecular flexibility index (Phi) is 6.46. The number of benzene rings is 1. The van der Waals surface area contributed by atoms with Crippen LogP contribution in [0.2, 0.25) is 0 Å². The molecule has 7 heteroatoms. The molecule has 2 aliphatic rings. The van der Waals surface area contributed by atoms with E-state index in [-0.39, 0.29) is 6.04 Å². The van der Waals surface area contributed by atoms with Crippen molar-refractivity contribution < 1.29 is 13.5 Å². The minimum Gasteiger partial charge on any atom is -0.508 e. The molecule has 1 aliphatic heterocycles. The average Bonchev–Trinajstić information content (AvgIpc) is 2.62. The Balaban J connectivity index is 1.81. The summed E-state index contributed by atoms with van der Waals surface area (Å²) in [6.45, 7) is 8.58. The summed E-state index contributed by atoms with van der Waals surface area (Å²) in [4.78, 5) is 2.45. The van der Waals surface area contributed by atoms with Crippen LogP contribution in [-0.2, 0) is 23.1 Å². The zero-order chi connectivity index (χ0) is 19.6. The highest BCUT2D eigenvalue weighted by Gasteiger charge is 2.40. The number of hydrogen-bond acceptors (Lipinski definition) is 4. The molecular weight excluding hydrogens is 362 g/mol. The predicted octanol–water partition coefficient (Wildman–Crippen LogP) is 2.14. The third-order valence-electron chi connectivity index (χ3n) is 6.07. The van der Waals surface area contributed by atoms with Crippen molar-refractivity contribution in [1.82, 2.24) is 13.9 Å². The van der Waals surface area contributed by atoms with Gasteiger partial charge in [0.25, 0.3) is 10.2 Å². The van der Waals surface area contributed by atoms with Gasteiger partial charge in [-0.1, -0.05) is 32.9 Å². The summed E-state index contributed by atoms with van der Waals surface area (Å²) in [7, 11) is -3.46. The molecular formula is C20H33N3O3S. The molecule has 0 unspecified atom stereocenters. The molecule has 1 aliphatic carbocycles. The van der Waals surface area contributed by atoms with Crippen molar-refractivity contribution in [2.75, 3.05) is 26.2 Å². The summed E-state index contributed by atoms with van der Waals surface area (Å²) >= 11 is 0. The van der Waals surface area contributed by atoms with Gasteiger partial charge in [-0.05, 0) is 55.3 Å². The highest BCUT2D eigenvalue weighted by atomic mass is 32.2. The number of phenolic OH excluding ortho intramolecular Hbond substituents is 1. The number of nitrogens with one attached hydrogen (secondary N) is 1. The molecule has 3 atom stereocenters. The van der Waals surface area contributed by atoms with E-state index in [0.717, 1.165) is 44.3 Å². The van der Waals surface area contributed by atoms with Gasteiger partial charge in [0.1, 0.15) is 5.75 Å². The smallest absolute Gasteiger partial charge is 0.279 e. The Morgan fingerprint density at radius 1 is 1.22 bits per heavy atom. The quantitative estimate of drug-likeness (QED) is 0.742. The van der Waals surface area contributed by atoms with Crippen LogP contribution in [0.1, 0.15) is 44.7 Å². The summed E-state index contributed by atoms with van der Waals surface area (Å²) in [5.74, 6) is 0.731. The van der Waals surface area contributed by atoms with Gasteiger partial charge < -0.3 is 5.11 Å². The number of phenols is 1. The minimum atomic E-state index is -3.46. The summed E-state index contributed by atoms with van der Waals surface area (Å²) in [6.07, 6.45) is 3.62. The van der Waals surface area contributed by atoms with E-state index in [2.05, 4.69) is 22.6 Å². The van der Waals surface area contributed by atoms with E-state index in [4.69, 9.17) is 0 Å². The lowest BCUT2D eigenvalue weighted by Crippen LogP contribution is -2.59. The Morgan fingerprint density at radius 2 is 1.96 bits per heavy atom. The third-order valence-corrected chi connectivity index (χ3v) is 7.90. The van der Waals surface area contributed by atoms with Crippen LogP contribution < -0.4 is 4.72 Å². The van der Waals surface area contributed by atoms with Crippen LogP contribution in [-0.4, -0.2) is 61.0 Å². The van der Waals surface area contributed by atoms with Crippen LogP contribution in [0, 0.1) is 5.92 Å². The molecule has 2 N–H and O–H groups in total. The van der Waals surface area contributed by atoms with Gasteiger partial charge in [0, 0.05) is 31.7 Å². The van der Waals surface area contributed by atoms with Crippen LogP contribution in [0.15, 0.2) is 18.2 Å². The van der Waals surface area contributed by atoms with Crippen LogP contribution in [0.3, 0.4) is 0 Å². The molecule has 0 bridgehead atoms. The molecule has 1 fully saturated rings. The highest BCUT2D eigenvalue weighted by molar-refractivity contribution is 7.87. The molecule has 27 heavy (non-hydrogen) atoms. The molecule has 3 rings (SSSR count). The maximum absolute atomic E-state index is 12.7. The summed E-state index contributed by atoms with van der Waals surface area (Å²) in [6, 6.07) is 6.13. The monoisotopic (exact) mass is 395 g/mol. The molecule has 1 aromatic carbocycles. The zero-order valence-corrected chi connectivity index (χ0v) is 17.5. The van der Waals surface area contributed by atoms with Crippen LogP contribution in [0.25, 0.3) is 0 Å². The Labute approximate surface area is 163 Å². The molecule has 1 saturated heterocycles. The van der Waals surface area contributed by atoms with Crippen LogP contribution in [0.5, 0.6) is 5.75 Å². The lowest BCUT2D eigenvalue weighted by atomic mass is 9.74. The van der Waals surface area contributed by atoms with E-state index in [1.807, 2.05) is 19.9 Å². The van der Waals surface area contributed by atoms with Crippen molar-refractivity contribution in [3.63, 3.8) is 0 Å². The Hall–Kier alpha value is -1.15. The second-order valence-electron chi connectivity index (χ2n) is 7.79. The largest absolute Gasteiger partial charge is 0.508 e. The molecule has 1 aromatic rings. The second-order valence-corrected chi connectivity index (χ2v) is 9.49. The van der Waals surface area contributed by atoms with E-state index in [0.29, 0.717) is 30.8 Å². The first-order valence-corrected chi connectivity index (χ1v) is 11.6. The van der Waals surface area contributed by atoms with Crippen molar-refractivity contribution in [2.45, 2.75) is 58.5 Å². The maximum atomic E-state index is 12.7. The standard InChI is InChI=1S/C20H33N3O3S/c1-4-10-22-14-17(21-27(25,26)23(5-2)6-3)11-16-12-18-15(13-19(16)22)8-7-9-20(18)24/h7-9,16-17,19,21,24H,4-6,10-14H2,1-3H3/t16-,17+,19-/m0/s1. The first-order valence-electron chi connectivity index (χ1n) is 10.2. The number of nitrogens with zero attached hydrogens (tertiary/aromatic N) is 2. The van der Waals surface area contributed by atoms with Gasteiger partial charge in [-0.25, -0.2) is 0 Å². The highest BCUT2D eigenvalue weighted by Crippen LogP contribution is 2.38. The van der Waals surface area contributed by atoms with Gasteiger partial charge >= 0.3 is 0 Å². The molecule has 6 nitrogen and oxygen atoms in total. The molecule has 0 aromatic heterocycles. The number of hydrogen-bond donors (Lipinski definition) is 2. The SMILES string of the molecule is CCCN1C[C@H](NS(=O)(=O)N(CC)CC)C[C@H]2Cc3c(O)cccc3C[C@@H]21. The molecule has 0 radical (unpaired) electrons. The molecule has 152 valence electrons. The predicted molar refractivity (Wildman–Crippen MR) is 108 cm³/mol. The fourth-order valence-corrected chi connectivity index (χ4v) is 6.26. The van der Waals surface area contributed by atoms with Gasteiger partial charge in [0.05, 0.1) is 0 Å². The number of piperidine rings is 1. The normalized spacial score (nSPS) is 26.0. The molecule has 1 heterocycles. The van der Waals surface area contributed by atoms with E-state index in [1.165, 1.54) is 9.87 Å². The van der Waals surface area contributed by atoms with Crippen molar-refractivity contribution >= 4 is 10.2 Å². The molecule has 0 spiro atoms. The minimum absolute atomic E-state index is 0.0872. The van der Waals surface area contributed by atoms with Gasteiger partial charge in [-0.15, -0.1) is 0 Å². The maximum Gasteiger partial charge on any atom is 0.279 e. The number of aromatic hydroxyl groups is 1. The lowest BCUT2D eigenvalue weighted by molar-refractivity contribution is 0.0679. The van der Waals surface area contributed by atoms with E-state index < -0.39 is 10.2 Å². The summed E-state index contributed by atoms with van der Waals surface area (Å²) in [5, 5.41) is 10.3. The third kappa shape index (κ3) is 4.31. The number of likely N-dealkylation sites (tertiary alicyclic amines) is 1. The molecule has 0 amide bonds. The van der Waals surface area contributed by atoms with E-state index >= 15 is 0 Å². The average molecular weight is 396 g/mol. The first kappa shape index (κ1) is 20.6. The van der Waals surface area contributed by atoms with Crippen molar-refractivity contribution in [3.8, 4) is 5.75 Å². The van der Waals surface area contributed by atoms with Gasteiger partial charge in [0.15, 0.2) is 0 Å².